The minimum atomic E-state index is -0.622. The fourth-order valence-electron chi connectivity index (χ4n) is 0.794. The number of ether oxygens (including phenoxy) is 1. The SMILES string of the molecule is COc1cc(Br)cc(C#N)c1F. The summed E-state index contributed by atoms with van der Waals surface area (Å²) in [6.45, 7) is 0. The standard InChI is InChI=1S/C8H5BrFNO/c1-12-7-3-6(9)2-5(4-11)8(7)10/h2-3H,1H3. The molecular weight excluding hydrogens is 225 g/mol. The molecular formula is C8H5BrFNO. The average molecular weight is 230 g/mol. The predicted octanol–water partition coefficient (Wildman–Crippen LogP) is 2.47. The summed E-state index contributed by atoms with van der Waals surface area (Å²) in [6.07, 6.45) is 0. The van der Waals surface area contributed by atoms with Gasteiger partial charge in [0.05, 0.1) is 12.7 Å². The van der Waals surface area contributed by atoms with E-state index in [4.69, 9.17) is 10.00 Å². The molecule has 0 aliphatic carbocycles. The van der Waals surface area contributed by atoms with Gasteiger partial charge >= 0.3 is 0 Å². The van der Waals surface area contributed by atoms with Gasteiger partial charge in [0.1, 0.15) is 6.07 Å². The molecule has 1 rings (SSSR count). The quantitative estimate of drug-likeness (QED) is 0.742. The van der Waals surface area contributed by atoms with Crippen LogP contribution in [0.5, 0.6) is 5.75 Å². The molecule has 0 atom stereocenters. The summed E-state index contributed by atoms with van der Waals surface area (Å²) in [5.41, 5.74) is -0.0266. The molecule has 0 spiro atoms. The lowest BCUT2D eigenvalue weighted by atomic mass is 10.2. The average Bonchev–Trinajstić information content (AvgIpc) is 2.08. The van der Waals surface area contributed by atoms with Gasteiger partial charge in [-0.25, -0.2) is 4.39 Å². The molecule has 0 amide bonds. The van der Waals surface area contributed by atoms with Crippen LogP contribution in [0.1, 0.15) is 5.56 Å². The van der Waals surface area contributed by atoms with Crippen molar-refractivity contribution in [1.29, 1.82) is 5.26 Å². The van der Waals surface area contributed by atoms with E-state index in [0.29, 0.717) is 4.47 Å². The molecule has 0 N–H and O–H groups in total. The second-order valence-electron chi connectivity index (χ2n) is 2.08. The Morgan fingerprint density at radius 2 is 2.25 bits per heavy atom. The third-order valence-electron chi connectivity index (χ3n) is 1.34. The number of nitriles is 1. The van der Waals surface area contributed by atoms with Crippen LogP contribution < -0.4 is 4.74 Å². The Kier molecular flexibility index (Phi) is 2.66. The van der Waals surface area contributed by atoms with E-state index in [2.05, 4.69) is 15.9 Å². The van der Waals surface area contributed by atoms with Crippen molar-refractivity contribution in [3.8, 4) is 11.8 Å². The minimum absolute atomic E-state index is 0.0266. The fraction of sp³-hybridized carbons (Fsp3) is 0.125. The summed E-state index contributed by atoms with van der Waals surface area (Å²) >= 11 is 3.13. The molecule has 4 heteroatoms. The summed E-state index contributed by atoms with van der Waals surface area (Å²) in [6, 6.07) is 4.59. The summed E-state index contributed by atoms with van der Waals surface area (Å²) in [4.78, 5) is 0. The smallest absolute Gasteiger partial charge is 0.182 e. The Balaban J connectivity index is 3.34. The molecule has 1 aromatic carbocycles. The highest BCUT2D eigenvalue weighted by Gasteiger charge is 2.09. The molecule has 0 saturated heterocycles. The van der Waals surface area contributed by atoms with Crippen molar-refractivity contribution in [3.05, 3.63) is 28.0 Å². The zero-order valence-corrected chi connectivity index (χ0v) is 7.85. The fourth-order valence-corrected chi connectivity index (χ4v) is 1.23. The first-order chi connectivity index (χ1) is 5.69. The molecule has 62 valence electrons. The molecule has 0 aromatic heterocycles. The van der Waals surface area contributed by atoms with E-state index in [1.165, 1.54) is 19.2 Å². The van der Waals surface area contributed by atoms with E-state index >= 15 is 0 Å². The predicted molar refractivity (Wildman–Crippen MR) is 45.4 cm³/mol. The van der Waals surface area contributed by atoms with Crippen molar-refractivity contribution in [2.45, 2.75) is 0 Å². The van der Waals surface area contributed by atoms with Crippen LogP contribution in [-0.2, 0) is 0 Å². The number of halogens is 2. The highest BCUT2D eigenvalue weighted by atomic mass is 79.9. The van der Waals surface area contributed by atoms with Crippen LogP contribution in [0.15, 0.2) is 16.6 Å². The van der Waals surface area contributed by atoms with Crippen LogP contribution in [0.2, 0.25) is 0 Å². The van der Waals surface area contributed by atoms with E-state index in [0.717, 1.165) is 0 Å². The van der Waals surface area contributed by atoms with Crippen molar-refractivity contribution in [3.63, 3.8) is 0 Å². The first-order valence-electron chi connectivity index (χ1n) is 3.12. The van der Waals surface area contributed by atoms with Gasteiger partial charge < -0.3 is 4.74 Å². The number of hydrogen-bond donors (Lipinski definition) is 0. The van der Waals surface area contributed by atoms with Gasteiger partial charge in [-0.3, -0.25) is 0 Å². The Labute approximate surface area is 77.7 Å². The van der Waals surface area contributed by atoms with Gasteiger partial charge in [0, 0.05) is 4.47 Å². The van der Waals surface area contributed by atoms with Gasteiger partial charge in [0.25, 0.3) is 0 Å². The molecule has 0 fully saturated rings. The molecule has 0 radical (unpaired) electrons. The number of nitrogens with zero attached hydrogens (tertiary/aromatic N) is 1. The first kappa shape index (κ1) is 9.01. The summed E-state index contributed by atoms with van der Waals surface area (Å²) in [5.74, 6) is -0.552. The lowest BCUT2D eigenvalue weighted by molar-refractivity contribution is 0.385. The maximum absolute atomic E-state index is 13.1. The zero-order chi connectivity index (χ0) is 9.14. The van der Waals surface area contributed by atoms with Gasteiger partial charge in [-0.2, -0.15) is 5.26 Å². The van der Waals surface area contributed by atoms with Crippen molar-refractivity contribution >= 4 is 15.9 Å². The number of rotatable bonds is 1. The van der Waals surface area contributed by atoms with E-state index in [1.807, 2.05) is 0 Å². The first-order valence-corrected chi connectivity index (χ1v) is 3.91. The Morgan fingerprint density at radius 1 is 1.58 bits per heavy atom. The molecule has 2 nitrogen and oxygen atoms in total. The van der Waals surface area contributed by atoms with Crippen molar-refractivity contribution in [2.24, 2.45) is 0 Å². The monoisotopic (exact) mass is 229 g/mol. The van der Waals surface area contributed by atoms with Crippen molar-refractivity contribution in [1.82, 2.24) is 0 Å². The Bertz CT molecular complexity index is 346. The molecule has 0 heterocycles. The maximum atomic E-state index is 13.1. The molecule has 0 bridgehead atoms. The zero-order valence-electron chi connectivity index (χ0n) is 6.27. The van der Waals surface area contributed by atoms with Gasteiger partial charge in [0.15, 0.2) is 11.6 Å². The maximum Gasteiger partial charge on any atom is 0.182 e. The third kappa shape index (κ3) is 1.56. The van der Waals surface area contributed by atoms with Crippen LogP contribution in [0.4, 0.5) is 4.39 Å². The van der Waals surface area contributed by atoms with E-state index < -0.39 is 5.82 Å². The largest absolute Gasteiger partial charge is 0.494 e. The van der Waals surface area contributed by atoms with Crippen molar-refractivity contribution in [2.75, 3.05) is 7.11 Å². The highest BCUT2D eigenvalue weighted by Crippen LogP contribution is 2.25. The van der Waals surface area contributed by atoms with Crippen LogP contribution in [0.25, 0.3) is 0 Å². The second kappa shape index (κ2) is 3.55. The molecule has 0 aliphatic heterocycles. The summed E-state index contributed by atoms with van der Waals surface area (Å²) in [7, 11) is 1.35. The van der Waals surface area contributed by atoms with Crippen LogP contribution in [0, 0.1) is 17.1 Å². The van der Waals surface area contributed by atoms with Crippen LogP contribution in [0.3, 0.4) is 0 Å². The molecule has 0 saturated carbocycles. The van der Waals surface area contributed by atoms with E-state index in [9.17, 15) is 4.39 Å². The van der Waals surface area contributed by atoms with E-state index in [1.54, 1.807) is 6.07 Å². The number of benzene rings is 1. The van der Waals surface area contributed by atoms with Gasteiger partial charge in [-0.05, 0) is 12.1 Å². The summed E-state index contributed by atoms with van der Waals surface area (Å²) in [5, 5.41) is 8.50. The van der Waals surface area contributed by atoms with E-state index in [-0.39, 0.29) is 11.3 Å². The third-order valence-corrected chi connectivity index (χ3v) is 1.80. The molecule has 1 aromatic rings. The topological polar surface area (TPSA) is 33.0 Å². The van der Waals surface area contributed by atoms with Crippen molar-refractivity contribution < 1.29 is 9.13 Å². The lowest BCUT2D eigenvalue weighted by Gasteiger charge is -2.02. The molecule has 0 aliphatic rings. The minimum Gasteiger partial charge on any atom is -0.494 e. The van der Waals surface area contributed by atoms with Crippen LogP contribution >= 0.6 is 15.9 Å². The van der Waals surface area contributed by atoms with Gasteiger partial charge in [0.2, 0.25) is 0 Å². The number of hydrogen-bond acceptors (Lipinski definition) is 2. The second-order valence-corrected chi connectivity index (χ2v) is 3.00. The highest BCUT2D eigenvalue weighted by molar-refractivity contribution is 9.10. The molecule has 0 unspecified atom stereocenters. The van der Waals surface area contributed by atoms with Gasteiger partial charge in [-0.1, -0.05) is 15.9 Å². The summed E-state index contributed by atoms with van der Waals surface area (Å²) < 4.78 is 18.4. The Hall–Kier alpha value is -1.08. The number of methoxy groups -OCH3 is 1. The Morgan fingerprint density at radius 3 is 2.75 bits per heavy atom. The van der Waals surface area contributed by atoms with Gasteiger partial charge in [-0.15, -0.1) is 0 Å². The lowest BCUT2D eigenvalue weighted by Crippen LogP contribution is -1.91. The molecule has 12 heavy (non-hydrogen) atoms. The van der Waals surface area contributed by atoms with Crippen LogP contribution in [-0.4, -0.2) is 7.11 Å². The normalized spacial score (nSPS) is 9.17.